The Labute approximate surface area is 125 Å². The van der Waals surface area contributed by atoms with Crippen molar-refractivity contribution in [2.45, 2.75) is 39.9 Å². The van der Waals surface area contributed by atoms with Crippen LogP contribution in [0.4, 0.5) is 0 Å². The van der Waals surface area contributed by atoms with E-state index in [0.29, 0.717) is 12.5 Å². The van der Waals surface area contributed by atoms with E-state index in [-0.39, 0.29) is 6.04 Å². The molecule has 1 aromatic heterocycles. The lowest BCUT2D eigenvalue weighted by atomic mass is 10.1. The van der Waals surface area contributed by atoms with Crippen molar-refractivity contribution < 1.29 is 0 Å². The van der Waals surface area contributed by atoms with Gasteiger partial charge in [-0.05, 0) is 24.5 Å². The zero-order valence-electron chi connectivity index (χ0n) is 12.2. The summed E-state index contributed by atoms with van der Waals surface area (Å²) < 4.78 is 1.96. The van der Waals surface area contributed by atoms with Crippen LogP contribution in [0.2, 0.25) is 5.02 Å². The number of aromatic nitrogens is 3. The highest BCUT2D eigenvalue weighted by Crippen LogP contribution is 2.22. The molecule has 1 aromatic carbocycles. The number of rotatable bonds is 6. The number of hydrogen-bond donors (Lipinski definition) is 1. The fourth-order valence-corrected chi connectivity index (χ4v) is 2.40. The lowest BCUT2D eigenvalue weighted by Crippen LogP contribution is -2.22. The highest BCUT2D eigenvalue weighted by atomic mass is 35.5. The van der Waals surface area contributed by atoms with Gasteiger partial charge in [0, 0.05) is 17.6 Å². The number of nitrogens with one attached hydrogen (secondary N) is 1. The number of benzene rings is 1. The Morgan fingerprint density at radius 3 is 2.70 bits per heavy atom. The maximum Gasteiger partial charge on any atom is 0.140 e. The highest BCUT2D eigenvalue weighted by Gasteiger charge is 2.11. The van der Waals surface area contributed by atoms with Crippen LogP contribution in [-0.2, 0) is 13.1 Å². The maximum absolute atomic E-state index is 6.21. The van der Waals surface area contributed by atoms with Crippen LogP contribution in [0.3, 0.4) is 0 Å². The van der Waals surface area contributed by atoms with E-state index >= 15 is 0 Å². The first kappa shape index (κ1) is 15.0. The van der Waals surface area contributed by atoms with Crippen molar-refractivity contribution in [1.29, 1.82) is 0 Å². The molecule has 0 spiro atoms. The Kier molecular flexibility index (Phi) is 5.15. The van der Waals surface area contributed by atoms with Crippen molar-refractivity contribution in [1.82, 2.24) is 20.1 Å². The third kappa shape index (κ3) is 3.81. The van der Waals surface area contributed by atoms with Gasteiger partial charge in [-0.3, -0.25) is 0 Å². The molecule has 0 aliphatic rings. The van der Waals surface area contributed by atoms with E-state index in [1.54, 1.807) is 6.33 Å². The predicted octanol–water partition coefficient (Wildman–Crippen LogP) is 3.44. The van der Waals surface area contributed by atoms with E-state index in [9.17, 15) is 0 Å². The quantitative estimate of drug-likeness (QED) is 0.887. The molecule has 0 radical (unpaired) electrons. The summed E-state index contributed by atoms with van der Waals surface area (Å²) in [4.78, 5) is 4.31. The Morgan fingerprint density at radius 2 is 2.00 bits per heavy atom. The standard InChI is InChI=1S/C15H21ClN4/c1-11(2)9-20-15(18-10-19-20)8-17-12(3)13-6-4-5-7-14(13)16/h4-7,10-12,17H,8-9H2,1-3H3. The minimum absolute atomic E-state index is 0.174. The molecule has 0 saturated heterocycles. The van der Waals surface area contributed by atoms with Crippen LogP contribution in [0.15, 0.2) is 30.6 Å². The van der Waals surface area contributed by atoms with Crippen molar-refractivity contribution >= 4 is 11.6 Å². The van der Waals surface area contributed by atoms with E-state index in [2.05, 4.69) is 36.2 Å². The normalized spacial score (nSPS) is 12.8. The minimum atomic E-state index is 0.174. The Balaban J connectivity index is 1.99. The molecular formula is C15H21ClN4. The second-order valence-corrected chi connectivity index (χ2v) is 5.78. The number of hydrogen-bond acceptors (Lipinski definition) is 3. The molecule has 0 saturated carbocycles. The minimum Gasteiger partial charge on any atom is -0.303 e. The van der Waals surface area contributed by atoms with Crippen molar-refractivity contribution in [3.8, 4) is 0 Å². The van der Waals surface area contributed by atoms with Crippen molar-refractivity contribution in [3.05, 3.63) is 47.0 Å². The summed E-state index contributed by atoms with van der Waals surface area (Å²) in [5, 5.41) is 8.50. The molecule has 1 atom stereocenters. The summed E-state index contributed by atoms with van der Waals surface area (Å²) >= 11 is 6.21. The molecule has 2 aromatic rings. The molecule has 1 heterocycles. The molecule has 1 N–H and O–H groups in total. The summed E-state index contributed by atoms with van der Waals surface area (Å²) in [5.74, 6) is 1.51. The number of nitrogens with zero attached hydrogens (tertiary/aromatic N) is 3. The molecule has 0 fully saturated rings. The zero-order chi connectivity index (χ0) is 14.5. The largest absolute Gasteiger partial charge is 0.303 e. The molecule has 5 heteroatoms. The molecule has 2 rings (SSSR count). The van der Waals surface area contributed by atoms with Gasteiger partial charge in [-0.2, -0.15) is 5.10 Å². The molecule has 0 bridgehead atoms. The summed E-state index contributed by atoms with van der Waals surface area (Å²) in [6.45, 7) is 8.01. The van der Waals surface area contributed by atoms with Gasteiger partial charge in [0.1, 0.15) is 12.2 Å². The molecule has 0 amide bonds. The van der Waals surface area contributed by atoms with E-state index < -0.39 is 0 Å². The smallest absolute Gasteiger partial charge is 0.140 e. The van der Waals surface area contributed by atoms with Gasteiger partial charge in [-0.25, -0.2) is 9.67 Å². The second kappa shape index (κ2) is 6.86. The van der Waals surface area contributed by atoms with Crippen molar-refractivity contribution in [2.75, 3.05) is 0 Å². The first-order valence-electron chi connectivity index (χ1n) is 6.92. The van der Waals surface area contributed by atoms with Gasteiger partial charge in [-0.1, -0.05) is 43.6 Å². The van der Waals surface area contributed by atoms with Crippen LogP contribution in [0.5, 0.6) is 0 Å². The summed E-state index contributed by atoms with van der Waals surface area (Å²) in [6, 6.07) is 8.07. The van der Waals surface area contributed by atoms with Crippen LogP contribution in [0.25, 0.3) is 0 Å². The van der Waals surface area contributed by atoms with Crippen LogP contribution < -0.4 is 5.32 Å². The van der Waals surface area contributed by atoms with Gasteiger partial charge < -0.3 is 5.32 Å². The van der Waals surface area contributed by atoms with Crippen LogP contribution in [0, 0.1) is 5.92 Å². The monoisotopic (exact) mass is 292 g/mol. The Morgan fingerprint density at radius 1 is 1.25 bits per heavy atom. The highest BCUT2D eigenvalue weighted by molar-refractivity contribution is 6.31. The van der Waals surface area contributed by atoms with Crippen molar-refractivity contribution in [2.24, 2.45) is 5.92 Å². The Hall–Kier alpha value is -1.39. The van der Waals surface area contributed by atoms with E-state index in [1.807, 2.05) is 28.9 Å². The van der Waals surface area contributed by atoms with Gasteiger partial charge in [-0.15, -0.1) is 0 Å². The maximum atomic E-state index is 6.21. The molecule has 1 unspecified atom stereocenters. The van der Waals surface area contributed by atoms with E-state index in [0.717, 1.165) is 23.0 Å². The van der Waals surface area contributed by atoms with Gasteiger partial charge >= 0.3 is 0 Å². The third-order valence-corrected chi connectivity index (χ3v) is 3.52. The van der Waals surface area contributed by atoms with Crippen molar-refractivity contribution in [3.63, 3.8) is 0 Å². The predicted molar refractivity (Wildman–Crippen MR) is 81.6 cm³/mol. The van der Waals surface area contributed by atoms with Gasteiger partial charge in [0.25, 0.3) is 0 Å². The average Bonchev–Trinajstić information content (AvgIpc) is 2.83. The second-order valence-electron chi connectivity index (χ2n) is 5.38. The van der Waals surface area contributed by atoms with Crippen LogP contribution in [0.1, 0.15) is 38.2 Å². The number of halogens is 1. The summed E-state index contributed by atoms with van der Waals surface area (Å²) in [6.07, 6.45) is 1.61. The molecule has 108 valence electrons. The topological polar surface area (TPSA) is 42.7 Å². The molecule has 0 aliphatic heterocycles. The van der Waals surface area contributed by atoms with E-state index in [1.165, 1.54) is 0 Å². The molecule has 0 aliphatic carbocycles. The third-order valence-electron chi connectivity index (χ3n) is 3.17. The lowest BCUT2D eigenvalue weighted by Gasteiger charge is -2.16. The molecular weight excluding hydrogens is 272 g/mol. The van der Waals surface area contributed by atoms with E-state index in [4.69, 9.17) is 11.6 Å². The fourth-order valence-electron chi connectivity index (χ4n) is 2.10. The SMILES string of the molecule is CC(C)Cn1ncnc1CNC(C)c1ccccc1Cl. The summed E-state index contributed by atoms with van der Waals surface area (Å²) in [7, 11) is 0. The van der Waals surface area contributed by atoms with Gasteiger partial charge in [0.2, 0.25) is 0 Å². The summed E-state index contributed by atoms with van der Waals surface area (Å²) in [5.41, 5.74) is 1.10. The lowest BCUT2D eigenvalue weighted by molar-refractivity contribution is 0.449. The van der Waals surface area contributed by atoms with Gasteiger partial charge in [0.05, 0.1) is 6.54 Å². The van der Waals surface area contributed by atoms with Gasteiger partial charge in [0.15, 0.2) is 0 Å². The van der Waals surface area contributed by atoms with Crippen LogP contribution in [-0.4, -0.2) is 14.8 Å². The molecule has 20 heavy (non-hydrogen) atoms. The Bertz CT molecular complexity index is 550. The molecule has 4 nitrogen and oxygen atoms in total. The fraction of sp³-hybridized carbons (Fsp3) is 0.467. The average molecular weight is 293 g/mol. The zero-order valence-corrected chi connectivity index (χ0v) is 12.9. The van der Waals surface area contributed by atoms with Crippen LogP contribution >= 0.6 is 11.6 Å². The first-order chi connectivity index (χ1) is 9.58. The first-order valence-corrected chi connectivity index (χ1v) is 7.30.